The van der Waals surface area contributed by atoms with E-state index in [1.807, 2.05) is 48.2 Å². The minimum atomic E-state index is -0.677. The zero-order valence-corrected chi connectivity index (χ0v) is 23.9. The van der Waals surface area contributed by atoms with Gasteiger partial charge in [0, 0.05) is 45.0 Å². The summed E-state index contributed by atoms with van der Waals surface area (Å²) < 4.78 is 11.2. The first-order chi connectivity index (χ1) is 18.9. The normalized spacial score (nSPS) is 18.5. The van der Waals surface area contributed by atoms with Crippen LogP contribution < -0.4 is 19.7 Å². The molecule has 39 heavy (non-hydrogen) atoms. The molecule has 0 radical (unpaired) electrons. The smallest absolute Gasteiger partial charge is 0.256 e. The lowest BCUT2D eigenvalue weighted by Crippen LogP contribution is -2.48. The highest BCUT2D eigenvalue weighted by Gasteiger charge is 2.44. The summed E-state index contributed by atoms with van der Waals surface area (Å²) in [4.78, 5) is 35.0. The van der Waals surface area contributed by atoms with Crippen molar-refractivity contribution >= 4 is 40.5 Å². The van der Waals surface area contributed by atoms with Gasteiger partial charge < -0.3 is 24.6 Å². The van der Waals surface area contributed by atoms with Gasteiger partial charge in [0.25, 0.3) is 5.91 Å². The van der Waals surface area contributed by atoms with Crippen molar-refractivity contribution in [2.24, 2.45) is 0 Å². The Morgan fingerprint density at radius 3 is 2.23 bits per heavy atom. The SMILES string of the molecule is CCCOc1ccc(NC(=O)C[C@H]2C(=O)N(c3ccc(OCC)cc3)C(=S)N2CCN2CCN(C)CC2)cc1. The minimum absolute atomic E-state index is 0.00330. The predicted molar refractivity (Wildman–Crippen MR) is 158 cm³/mol. The van der Waals surface area contributed by atoms with Crippen LogP contribution in [0.5, 0.6) is 11.5 Å². The molecule has 1 N–H and O–H groups in total. The molecule has 0 bridgehead atoms. The van der Waals surface area contributed by atoms with Crippen molar-refractivity contribution in [3.8, 4) is 11.5 Å². The molecule has 0 spiro atoms. The molecule has 210 valence electrons. The van der Waals surface area contributed by atoms with Crippen molar-refractivity contribution in [3.05, 3.63) is 48.5 Å². The standard InChI is InChI=1S/C29H39N5O4S/c1-4-20-38-25-10-6-22(7-11-25)30-27(35)21-26-28(36)34(23-8-12-24(13-9-23)37-5-2)29(39)33(26)19-18-32-16-14-31(3)15-17-32/h6-13,26H,4-5,14-21H2,1-3H3,(H,30,35)/t26-/m0/s1. The Morgan fingerprint density at radius 2 is 1.59 bits per heavy atom. The lowest BCUT2D eigenvalue weighted by Gasteiger charge is -2.34. The Kier molecular flexibility index (Phi) is 10.1. The third kappa shape index (κ3) is 7.46. The second-order valence-corrected chi connectivity index (χ2v) is 10.2. The fraction of sp³-hybridized carbons (Fsp3) is 0.483. The maximum absolute atomic E-state index is 13.7. The summed E-state index contributed by atoms with van der Waals surface area (Å²) in [6.07, 6.45) is 0.929. The van der Waals surface area contributed by atoms with E-state index >= 15 is 0 Å². The highest BCUT2D eigenvalue weighted by Crippen LogP contribution is 2.29. The van der Waals surface area contributed by atoms with Crippen LogP contribution in [-0.2, 0) is 9.59 Å². The molecule has 4 rings (SSSR count). The Hall–Kier alpha value is -3.21. The summed E-state index contributed by atoms with van der Waals surface area (Å²) in [5.41, 5.74) is 1.33. The minimum Gasteiger partial charge on any atom is -0.494 e. The fourth-order valence-corrected chi connectivity index (χ4v) is 5.16. The molecular formula is C29H39N5O4S. The van der Waals surface area contributed by atoms with Gasteiger partial charge in [-0.2, -0.15) is 0 Å². The first-order valence-electron chi connectivity index (χ1n) is 13.7. The van der Waals surface area contributed by atoms with Gasteiger partial charge in [-0.25, -0.2) is 0 Å². The van der Waals surface area contributed by atoms with E-state index in [9.17, 15) is 9.59 Å². The molecular weight excluding hydrogens is 514 g/mol. The zero-order valence-electron chi connectivity index (χ0n) is 23.1. The Bertz CT molecular complexity index is 1120. The van der Waals surface area contributed by atoms with Crippen molar-refractivity contribution in [2.75, 3.05) is 69.7 Å². The van der Waals surface area contributed by atoms with E-state index in [1.165, 1.54) is 0 Å². The quantitative estimate of drug-likeness (QED) is 0.401. The van der Waals surface area contributed by atoms with Crippen LogP contribution in [0.25, 0.3) is 0 Å². The molecule has 1 atom stereocenters. The van der Waals surface area contributed by atoms with Crippen molar-refractivity contribution in [1.29, 1.82) is 0 Å². The van der Waals surface area contributed by atoms with E-state index < -0.39 is 6.04 Å². The maximum atomic E-state index is 13.7. The Morgan fingerprint density at radius 1 is 0.949 bits per heavy atom. The number of nitrogens with zero attached hydrogens (tertiary/aromatic N) is 4. The molecule has 2 aliphatic rings. The molecule has 0 unspecified atom stereocenters. The third-order valence-electron chi connectivity index (χ3n) is 6.97. The number of hydrogen-bond acceptors (Lipinski definition) is 7. The molecule has 0 saturated carbocycles. The summed E-state index contributed by atoms with van der Waals surface area (Å²) in [6, 6.07) is 13.9. The van der Waals surface area contributed by atoms with E-state index in [-0.39, 0.29) is 18.2 Å². The van der Waals surface area contributed by atoms with E-state index in [4.69, 9.17) is 21.7 Å². The predicted octanol–water partition coefficient (Wildman–Crippen LogP) is 3.45. The van der Waals surface area contributed by atoms with Gasteiger partial charge >= 0.3 is 0 Å². The number of thiocarbonyl (C=S) groups is 1. The highest BCUT2D eigenvalue weighted by molar-refractivity contribution is 7.80. The molecule has 10 heteroatoms. The number of carbonyl (C=O) groups is 2. The van der Waals surface area contributed by atoms with Gasteiger partial charge in [0.05, 0.1) is 25.3 Å². The van der Waals surface area contributed by atoms with Gasteiger partial charge in [-0.05, 0) is 81.1 Å². The number of benzene rings is 2. The largest absolute Gasteiger partial charge is 0.494 e. The lowest BCUT2D eigenvalue weighted by molar-refractivity contribution is -0.124. The number of carbonyl (C=O) groups excluding carboxylic acids is 2. The van der Waals surface area contributed by atoms with E-state index in [2.05, 4.69) is 29.1 Å². The number of nitrogens with one attached hydrogen (secondary N) is 1. The monoisotopic (exact) mass is 553 g/mol. The fourth-order valence-electron chi connectivity index (χ4n) is 4.75. The van der Waals surface area contributed by atoms with Crippen LogP contribution in [0.4, 0.5) is 11.4 Å². The first-order valence-corrected chi connectivity index (χ1v) is 14.1. The van der Waals surface area contributed by atoms with E-state index in [0.29, 0.717) is 36.2 Å². The zero-order chi connectivity index (χ0) is 27.8. The molecule has 9 nitrogen and oxygen atoms in total. The summed E-state index contributed by atoms with van der Waals surface area (Å²) in [6.45, 7) is 10.5. The molecule has 2 saturated heterocycles. The number of likely N-dealkylation sites (N-methyl/N-ethyl adjacent to an activating group) is 1. The van der Waals surface area contributed by atoms with E-state index in [1.54, 1.807) is 17.0 Å². The topological polar surface area (TPSA) is 77.6 Å². The van der Waals surface area contributed by atoms with Crippen LogP contribution in [0.3, 0.4) is 0 Å². The van der Waals surface area contributed by atoms with Crippen LogP contribution in [0.2, 0.25) is 0 Å². The first kappa shape index (κ1) is 28.8. The molecule has 2 fully saturated rings. The number of rotatable bonds is 12. The second kappa shape index (κ2) is 13.7. The summed E-state index contributed by atoms with van der Waals surface area (Å²) in [5.74, 6) is 1.05. The van der Waals surface area contributed by atoms with Crippen LogP contribution in [0.1, 0.15) is 26.7 Å². The second-order valence-electron chi connectivity index (χ2n) is 9.86. The van der Waals surface area contributed by atoms with Crippen LogP contribution >= 0.6 is 12.2 Å². The average Bonchev–Trinajstić information content (AvgIpc) is 3.16. The number of hydrogen-bond donors (Lipinski definition) is 1. The van der Waals surface area contributed by atoms with Crippen LogP contribution in [-0.4, -0.2) is 97.2 Å². The maximum Gasteiger partial charge on any atom is 0.256 e. The van der Waals surface area contributed by atoms with Gasteiger partial charge in [0.1, 0.15) is 17.5 Å². The van der Waals surface area contributed by atoms with Crippen molar-refractivity contribution in [1.82, 2.24) is 14.7 Å². The summed E-state index contributed by atoms with van der Waals surface area (Å²) in [7, 11) is 2.13. The molecule has 2 amide bonds. The number of amides is 2. The molecule has 0 aromatic heterocycles. The lowest BCUT2D eigenvalue weighted by atomic mass is 10.1. The Balaban J connectivity index is 1.47. The van der Waals surface area contributed by atoms with Gasteiger partial charge in [-0.1, -0.05) is 6.92 Å². The van der Waals surface area contributed by atoms with Crippen LogP contribution in [0.15, 0.2) is 48.5 Å². The van der Waals surface area contributed by atoms with Crippen molar-refractivity contribution in [2.45, 2.75) is 32.7 Å². The van der Waals surface area contributed by atoms with Crippen LogP contribution in [0, 0.1) is 0 Å². The average molecular weight is 554 g/mol. The van der Waals surface area contributed by atoms with Crippen molar-refractivity contribution < 1.29 is 19.1 Å². The highest BCUT2D eigenvalue weighted by atomic mass is 32.1. The number of piperazine rings is 1. The molecule has 0 aliphatic carbocycles. The van der Waals surface area contributed by atoms with Gasteiger partial charge in [0.2, 0.25) is 5.91 Å². The molecule has 2 heterocycles. The summed E-state index contributed by atoms with van der Waals surface area (Å²) >= 11 is 5.83. The van der Waals surface area contributed by atoms with Gasteiger partial charge in [0.15, 0.2) is 5.11 Å². The van der Waals surface area contributed by atoms with E-state index in [0.717, 1.165) is 50.6 Å². The molecule has 2 aliphatic heterocycles. The molecule has 2 aromatic carbocycles. The Labute approximate surface area is 236 Å². The number of ether oxygens (including phenoxy) is 2. The third-order valence-corrected chi connectivity index (χ3v) is 7.38. The van der Waals surface area contributed by atoms with Gasteiger partial charge in [-0.15, -0.1) is 0 Å². The van der Waals surface area contributed by atoms with Gasteiger partial charge in [-0.3, -0.25) is 19.4 Å². The number of anilines is 2. The molecule has 2 aromatic rings. The summed E-state index contributed by atoms with van der Waals surface area (Å²) in [5, 5.41) is 3.35. The van der Waals surface area contributed by atoms with Crippen molar-refractivity contribution in [3.63, 3.8) is 0 Å².